The van der Waals surface area contributed by atoms with Crippen LogP contribution in [0, 0.1) is 5.41 Å². The van der Waals surface area contributed by atoms with Crippen molar-refractivity contribution in [1.29, 1.82) is 0 Å². The van der Waals surface area contributed by atoms with E-state index in [4.69, 9.17) is 4.74 Å². The van der Waals surface area contributed by atoms with Crippen LogP contribution in [0.2, 0.25) is 0 Å². The molecule has 1 spiro atoms. The van der Waals surface area contributed by atoms with E-state index in [9.17, 15) is 4.79 Å². The molecule has 0 aromatic heterocycles. The van der Waals surface area contributed by atoms with E-state index in [1.165, 1.54) is 19.3 Å². The normalized spacial score (nSPS) is 28.4. The Kier molecular flexibility index (Phi) is 4.09. The summed E-state index contributed by atoms with van der Waals surface area (Å²) in [5, 5.41) is 6.69. The van der Waals surface area contributed by atoms with Crippen LogP contribution in [0.15, 0.2) is 0 Å². The summed E-state index contributed by atoms with van der Waals surface area (Å²) in [6, 6.07) is 0.881. The first-order valence-electron chi connectivity index (χ1n) is 7.60. The van der Waals surface area contributed by atoms with Gasteiger partial charge >= 0.3 is 6.09 Å². The lowest BCUT2D eigenvalue weighted by molar-refractivity contribution is -0.0611. The topological polar surface area (TPSA) is 50.4 Å². The molecule has 2 N–H and O–H groups in total. The van der Waals surface area contributed by atoms with Gasteiger partial charge in [-0.15, -0.1) is 0 Å². The van der Waals surface area contributed by atoms with Gasteiger partial charge in [-0.05, 0) is 53.0 Å². The van der Waals surface area contributed by atoms with E-state index in [0.717, 1.165) is 19.4 Å². The Labute approximate surface area is 116 Å². The minimum atomic E-state index is -0.416. The fourth-order valence-corrected chi connectivity index (χ4v) is 3.33. The lowest BCUT2D eigenvalue weighted by Gasteiger charge is -2.61. The number of carbonyl (C=O) groups excluding carboxylic acids is 1. The van der Waals surface area contributed by atoms with Crippen LogP contribution in [0.25, 0.3) is 0 Å². The first-order chi connectivity index (χ1) is 8.87. The highest BCUT2D eigenvalue weighted by molar-refractivity contribution is 5.68. The van der Waals surface area contributed by atoms with Gasteiger partial charge in [-0.25, -0.2) is 4.79 Å². The summed E-state index contributed by atoms with van der Waals surface area (Å²) >= 11 is 0. The van der Waals surface area contributed by atoms with Crippen LogP contribution in [0.3, 0.4) is 0 Å². The maximum absolute atomic E-state index is 11.9. The van der Waals surface area contributed by atoms with E-state index in [1.54, 1.807) is 0 Å². The van der Waals surface area contributed by atoms with Crippen molar-refractivity contribution < 1.29 is 9.53 Å². The van der Waals surface area contributed by atoms with Crippen LogP contribution in [-0.4, -0.2) is 30.3 Å². The van der Waals surface area contributed by atoms with E-state index in [2.05, 4.69) is 17.6 Å². The van der Waals surface area contributed by atoms with Crippen LogP contribution < -0.4 is 10.6 Å². The predicted octanol–water partition coefficient (Wildman–Crippen LogP) is 2.82. The first kappa shape index (κ1) is 14.6. The second kappa shape index (κ2) is 5.31. The van der Waals surface area contributed by atoms with Crippen LogP contribution in [-0.2, 0) is 4.74 Å². The Morgan fingerprint density at radius 3 is 2.47 bits per heavy atom. The molecule has 0 aromatic rings. The van der Waals surface area contributed by atoms with Gasteiger partial charge in [0.05, 0.1) is 0 Å². The van der Waals surface area contributed by atoms with Gasteiger partial charge in [-0.3, -0.25) is 0 Å². The van der Waals surface area contributed by atoms with Gasteiger partial charge in [0, 0.05) is 17.5 Å². The molecule has 0 saturated heterocycles. The number of carbonyl (C=O) groups is 1. The van der Waals surface area contributed by atoms with Crippen LogP contribution in [0.4, 0.5) is 4.79 Å². The average molecular weight is 268 g/mol. The first-order valence-corrected chi connectivity index (χ1v) is 7.60. The van der Waals surface area contributed by atoms with Gasteiger partial charge in [0.25, 0.3) is 0 Å². The van der Waals surface area contributed by atoms with E-state index < -0.39 is 5.60 Å². The predicted molar refractivity (Wildman–Crippen MR) is 76.1 cm³/mol. The standard InChI is InChI=1S/C15H28N2O2/c1-5-9-16-11-10-12(15(11)7-6-8-15)17-13(18)19-14(2,3)4/h11-12,16H,5-10H2,1-4H3,(H,17,18). The molecule has 2 saturated carbocycles. The molecule has 2 unspecified atom stereocenters. The monoisotopic (exact) mass is 268 g/mol. The van der Waals surface area contributed by atoms with Gasteiger partial charge in [-0.2, -0.15) is 0 Å². The second-order valence-corrected chi connectivity index (χ2v) is 7.03. The molecule has 2 fully saturated rings. The summed E-state index contributed by atoms with van der Waals surface area (Å²) in [5.41, 5.74) is -0.105. The number of amides is 1. The molecule has 2 aliphatic carbocycles. The number of ether oxygens (including phenoxy) is 1. The van der Waals surface area contributed by atoms with E-state index in [0.29, 0.717) is 17.5 Å². The summed E-state index contributed by atoms with van der Waals surface area (Å²) in [7, 11) is 0. The van der Waals surface area contributed by atoms with Crippen molar-refractivity contribution in [3.63, 3.8) is 0 Å². The molecular weight excluding hydrogens is 240 g/mol. The molecule has 0 bridgehead atoms. The molecule has 1 amide bonds. The summed E-state index contributed by atoms with van der Waals surface area (Å²) in [6.07, 6.45) is 5.69. The third kappa shape index (κ3) is 3.04. The largest absolute Gasteiger partial charge is 0.444 e. The average Bonchev–Trinajstić information content (AvgIpc) is 2.17. The van der Waals surface area contributed by atoms with Crippen LogP contribution in [0.5, 0.6) is 0 Å². The fourth-order valence-electron chi connectivity index (χ4n) is 3.33. The molecule has 2 rings (SSSR count). The van der Waals surface area contributed by atoms with E-state index >= 15 is 0 Å². The highest BCUT2D eigenvalue weighted by atomic mass is 16.6. The highest BCUT2D eigenvalue weighted by Gasteiger charge is 2.58. The van der Waals surface area contributed by atoms with Gasteiger partial charge < -0.3 is 15.4 Å². The Bertz CT molecular complexity index is 332. The Morgan fingerprint density at radius 1 is 1.32 bits per heavy atom. The second-order valence-electron chi connectivity index (χ2n) is 7.03. The zero-order valence-electron chi connectivity index (χ0n) is 12.7. The maximum Gasteiger partial charge on any atom is 0.407 e. The lowest BCUT2D eigenvalue weighted by Crippen LogP contribution is -2.71. The molecule has 0 aromatic carbocycles. The van der Waals surface area contributed by atoms with Gasteiger partial charge in [0.15, 0.2) is 0 Å². The molecule has 0 aliphatic heterocycles. The molecule has 2 atom stereocenters. The molecule has 4 nitrogen and oxygen atoms in total. The quantitative estimate of drug-likeness (QED) is 0.824. The third-order valence-electron chi connectivity index (χ3n) is 4.48. The number of hydrogen-bond donors (Lipinski definition) is 2. The van der Waals surface area contributed by atoms with E-state index in [-0.39, 0.29) is 6.09 Å². The summed E-state index contributed by atoms with van der Waals surface area (Å²) in [4.78, 5) is 11.9. The van der Waals surface area contributed by atoms with Crippen molar-refractivity contribution in [3.05, 3.63) is 0 Å². The van der Waals surface area contributed by atoms with Crippen molar-refractivity contribution >= 4 is 6.09 Å². The molecule has 0 radical (unpaired) electrons. The lowest BCUT2D eigenvalue weighted by atomic mass is 9.50. The van der Waals surface area contributed by atoms with Gasteiger partial charge in [0.2, 0.25) is 0 Å². The Morgan fingerprint density at radius 2 is 2.00 bits per heavy atom. The zero-order chi connectivity index (χ0) is 14.1. The number of nitrogens with one attached hydrogen (secondary N) is 2. The summed E-state index contributed by atoms with van der Waals surface area (Å²) in [5.74, 6) is 0. The van der Waals surface area contributed by atoms with Crippen molar-refractivity contribution in [2.75, 3.05) is 6.54 Å². The van der Waals surface area contributed by atoms with Crippen molar-refractivity contribution in [3.8, 4) is 0 Å². The SMILES string of the molecule is CCCNC1CC(NC(=O)OC(C)(C)C)C12CCC2. The molecular formula is C15H28N2O2. The number of hydrogen-bond acceptors (Lipinski definition) is 3. The molecule has 2 aliphatic rings. The molecule has 19 heavy (non-hydrogen) atoms. The zero-order valence-corrected chi connectivity index (χ0v) is 12.7. The highest BCUT2D eigenvalue weighted by Crippen LogP contribution is 2.55. The van der Waals surface area contributed by atoms with Crippen LogP contribution in [0.1, 0.15) is 59.8 Å². The number of alkyl carbamates (subject to hydrolysis) is 1. The summed E-state index contributed by atoms with van der Waals surface area (Å²) < 4.78 is 5.35. The van der Waals surface area contributed by atoms with E-state index in [1.807, 2.05) is 20.8 Å². The number of rotatable bonds is 4. The minimum Gasteiger partial charge on any atom is -0.444 e. The summed E-state index contributed by atoms with van der Waals surface area (Å²) in [6.45, 7) is 8.97. The third-order valence-corrected chi connectivity index (χ3v) is 4.48. The Balaban J connectivity index is 1.84. The maximum atomic E-state index is 11.9. The molecule has 0 heterocycles. The van der Waals surface area contributed by atoms with Crippen molar-refractivity contribution in [2.45, 2.75) is 77.5 Å². The smallest absolute Gasteiger partial charge is 0.407 e. The fraction of sp³-hybridized carbons (Fsp3) is 0.933. The molecule has 110 valence electrons. The van der Waals surface area contributed by atoms with Gasteiger partial charge in [-0.1, -0.05) is 13.3 Å². The van der Waals surface area contributed by atoms with Crippen LogP contribution >= 0.6 is 0 Å². The van der Waals surface area contributed by atoms with Crippen molar-refractivity contribution in [2.24, 2.45) is 5.41 Å². The van der Waals surface area contributed by atoms with Crippen molar-refractivity contribution in [1.82, 2.24) is 10.6 Å². The van der Waals surface area contributed by atoms with Gasteiger partial charge in [0.1, 0.15) is 5.60 Å². The Hall–Kier alpha value is -0.770. The minimum absolute atomic E-state index is 0.266. The molecule has 4 heteroatoms.